The Morgan fingerprint density at radius 2 is 2.15 bits per heavy atom. The Kier molecular flexibility index (Phi) is 5.47. The molecule has 1 saturated heterocycles. The molecule has 3 heteroatoms. The van der Waals surface area contributed by atoms with Crippen LogP contribution in [0.3, 0.4) is 0 Å². The van der Waals surface area contributed by atoms with Crippen molar-refractivity contribution in [3.05, 3.63) is 0 Å². The van der Waals surface area contributed by atoms with Crippen LogP contribution in [0.5, 0.6) is 0 Å². The van der Waals surface area contributed by atoms with E-state index in [-0.39, 0.29) is 0 Å². The minimum absolute atomic E-state index is 0.432. The van der Waals surface area contributed by atoms with E-state index in [0.717, 1.165) is 44.6 Å². The van der Waals surface area contributed by atoms with E-state index in [1.54, 1.807) is 11.8 Å². The van der Waals surface area contributed by atoms with Crippen LogP contribution in [0.15, 0.2) is 0 Å². The van der Waals surface area contributed by atoms with Crippen molar-refractivity contribution in [2.75, 3.05) is 25.2 Å². The summed E-state index contributed by atoms with van der Waals surface area (Å²) in [5.74, 6) is 2.01. The third kappa shape index (κ3) is 4.67. The molecule has 0 bridgehead atoms. The number of hydrogen-bond acceptors (Lipinski definition) is 3. The van der Waals surface area contributed by atoms with E-state index in [2.05, 4.69) is 0 Å². The highest BCUT2D eigenvalue weighted by atomic mass is 32.2. The van der Waals surface area contributed by atoms with Crippen LogP contribution in [-0.2, 0) is 9.53 Å². The first kappa shape index (κ1) is 11.1. The lowest BCUT2D eigenvalue weighted by atomic mass is 9.94. The van der Waals surface area contributed by atoms with Gasteiger partial charge >= 0.3 is 0 Å². The third-order valence-corrected chi connectivity index (χ3v) is 3.05. The van der Waals surface area contributed by atoms with Gasteiger partial charge < -0.3 is 4.74 Å². The second-order valence-corrected chi connectivity index (χ2v) is 4.53. The molecule has 0 aromatic rings. The molecular formula is C10H18O2S. The summed E-state index contributed by atoms with van der Waals surface area (Å²) in [5, 5.41) is 0. The predicted molar refractivity (Wildman–Crippen MR) is 56.2 cm³/mol. The molecule has 1 rings (SSSR count). The van der Waals surface area contributed by atoms with Gasteiger partial charge in [-0.05, 0) is 30.8 Å². The first-order valence-electron chi connectivity index (χ1n) is 4.91. The number of ketones is 1. The summed E-state index contributed by atoms with van der Waals surface area (Å²) in [6, 6.07) is 0. The van der Waals surface area contributed by atoms with E-state index in [9.17, 15) is 4.79 Å². The van der Waals surface area contributed by atoms with Crippen molar-refractivity contribution < 1.29 is 9.53 Å². The van der Waals surface area contributed by atoms with Crippen LogP contribution in [0.25, 0.3) is 0 Å². The largest absolute Gasteiger partial charge is 0.381 e. The van der Waals surface area contributed by atoms with E-state index in [0.29, 0.717) is 11.7 Å². The van der Waals surface area contributed by atoms with E-state index >= 15 is 0 Å². The maximum atomic E-state index is 11.4. The molecule has 0 unspecified atom stereocenters. The van der Waals surface area contributed by atoms with Crippen LogP contribution in [0.1, 0.15) is 25.7 Å². The Morgan fingerprint density at radius 1 is 1.46 bits per heavy atom. The highest BCUT2D eigenvalue weighted by Gasteiger charge is 2.16. The average Bonchev–Trinajstić information content (AvgIpc) is 2.16. The molecule has 1 aliphatic heterocycles. The Bertz CT molecular complexity index is 153. The van der Waals surface area contributed by atoms with Gasteiger partial charge in [-0.15, -0.1) is 0 Å². The van der Waals surface area contributed by atoms with Gasteiger partial charge in [0.1, 0.15) is 5.78 Å². The molecule has 1 aliphatic rings. The van der Waals surface area contributed by atoms with Crippen molar-refractivity contribution >= 4 is 17.5 Å². The van der Waals surface area contributed by atoms with Crippen LogP contribution in [-0.4, -0.2) is 31.0 Å². The van der Waals surface area contributed by atoms with Crippen molar-refractivity contribution in [2.24, 2.45) is 5.92 Å². The Labute approximate surface area is 84.4 Å². The van der Waals surface area contributed by atoms with E-state index < -0.39 is 0 Å². The Hall–Kier alpha value is -0.0200. The monoisotopic (exact) mass is 202 g/mol. The quantitative estimate of drug-likeness (QED) is 0.683. The smallest absolute Gasteiger partial charge is 0.134 e. The number of thioether (sulfide) groups is 1. The fraction of sp³-hybridized carbons (Fsp3) is 0.900. The standard InChI is InChI=1S/C10H18O2S/c1-13-7-4-10(11)8-9-2-5-12-6-3-9/h9H,2-8H2,1H3. The first-order chi connectivity index (χ1) is 6.33. The summed E-state index contributed by atoms with van der Waals surface area (Å²) in [6.45, 7) is 1.70. The molecule has 2 nitrogen and oxygen atoms in total. The van der Waals surface area contributed by atoms with Gasteiger partial charge in [-0.25, -0.2) is 0 Å². The number of rotatable bonds is 5. The number of hydrogen-bond donors (Lipinski definition) is 0. The van der Waals surface area contributed by atoms with Crippen molar-refractivity contribution in [3.8, 4) is 0 Å². The van der Waals surface area contributed by atoms with Crippen molar-refractivity contribution in [2.45, 2.75) is 25.7 Å². The molecular weight excluding hydrogens is 184 g/mol. The average molecular weight is 202 g/mol. The number of carbonyl (C=O) groups is 1. The van der Waals surface area contributed by atoms with Crippen LogP contribution in [0, 0.1) is 5.92 Å². The van der Waals surface area contributed by atoms with Crippen LogP contribution < -0.4 is 0 Å². The van der Waals surface area contributed by atoms with Gasteiger partial charge in [0.25, 0.3) is 0 Å². The summed E-state index contributed by atoms with van der Waals surface area (Å²) in [7, 11) is 0. The van der Waals surface area contributed by atoms with Gasteiger partial charge in [0.05, 0.1) is 0 Å². The van der Waals surface area contributed by atoms with E-state index in [4.69, 9.17) is 4.74 Å². The number of Topliss-reactive ketones (excluding diaryl/α,β-unsaturated/α-hetero) is 1. The lowest BCUT2D eigenvalue weighted by Gasteiger charge is -2.21. The van der Waals surface area contributed by atoms with Gasteiger partial charge in [-0.3, -0.25) is 4.79 Å². The molecule has 0 spiro atoms. The zero-order valence-electron chi connectivity index (χ0n) is 8.25. The highest BCUT2D eigenvalue weighted by Crippen LogP contribution is 2.19. The van der Waals surface area contributed by atoms with Crippen LogP contribution in [0.2, 0.25) is 0 Å². The lowest BCUT2D eigenvalue weighted by Crippen LogP contribution is -2.18. The predicted octanol–water partition coefficient (Wildman–Crippen LogP) is 2.13. The molecule has 1 heterocycles. The SMILES string of the molecule is CSCCC(=O)CC1CCOCC1. The summed E-state index contributed by atoms with van der Waals surface area (Å²) in [5.41, 5.74) is 0. The molecule has 0 aromatic heterocycles. The molecule has 0 saturated carbocycles. The Morgan fingerprint density at radius 3 is 2.77 bits per heavy atom. The topological polar surface area (TPSA) is 26.3 Å². The molecule has 0 amide bonds. The summed E-state index contributed by atoms with van der Waals surface area (Å²) in [6.07, 6.45) is 5.72. The fourth-order valence-electron chi connectivity index (χ4n) is 1.59. The number of carbonyl (C=O) groups excluding carboxylic acids is 1. The molecule has 0 aliphatic carbocycles. The van der Waals surface area contributed by atoms with E-state index in [1.165, 1.54) is 0 Å². The van der Waals surface area contributed by atoms with Crippen molar-refractivity contribution in [3.63, 3.8) is 0 Å². The molecule has 1 fully saturated rings. The van der Waals surface area contributed by atoms with Gasteiger partial charge in [0, 0.05) is 26.1 Å². The Balaban J connectivity index is 2.11. The molecule has 0 aromatic carbocycles. The lowest BCUT2D eigenvalue weighted by molar-refractivity contribution is -0.120. The molecule has 0 N–H and O–H groups in total. The van der Waals surface area contributed by atoms with Gasteiger partial charge in [-0.1, -0.05) is 0 Å². The number of ether oxygens (including phenoxy) is 1. The zero-order valence-corrected chi connectivity index (χ0v) is 9.07. The summed E-state index contributed by atoms with van der Waals surface area (Å²) < 4.78 is 5.25. The maximum absolute atomic E-state index is 11.4. The fourth-order valence-corrected chi connectivity index (χ4v) is 2.02. The molecule has 13 heavy (non-hydrogen) atoms. The van der Waals surface area contributed by atoms with Crippen LogP contribution >= 0.6 is 11.8 Å². The van der Waals surface area contributed by atoms with Crippen LogP contribution in [0.4, 0.5) is 0 Å². The van der Waals surface area contributed by atoms with Gasteiger partial charge in [0.15, 0.2) is 0 Å². The second-order valence-electron chi connectivity index (χ2n) is 3.54. The first-order valence-corrected chi connectivity index (χ1v) is 6.30. The zero-order chi connectivity index (χ0) is 9.52. The molecule has 0 radical (unpaired) electrons. The maximum Gasteiger partial charge on any atom is 0.134 e. The van der Waals surface area contributed by atoms with Crippen molar-refractivity contribution in [1.29, 1.82) is 0 Å². The van der Waals surface area contributed by atoms with Gasteiger partial charge in [-0.2, -0.15) is 11.8 Å². The minimum atomic E-state index is 0.432. The third-order valence-electron chi connectivity index (χ3n) is 2.44. The highest BCUT2D eigenvalue weighted by molar-refractivity contribution is 7.98. The van der Waals surface area contributed by atoms with Gasteiger partial charge in [0.2, 0.25) is 0 Å². The summed E-state index contributed by atoms with van der Waals surface area (Å²) in [4.78, 5) is 11.4. The molecule has 76 valence electrons. The van der Waals surface area contributed by atoms with E-state index in [1.807, 2.05) is 6.26 Å². The summed E-state index contributed by atoms with van der Waals surface area (Å²) >= 11 is 1.75. The molecule has 0 atom stereocenters. The second kappa shape index (κ2) is 6.44. The normalized spacial score (nSPS) is 18.8. The minimum Gasteiger partial charge on any atom is -0.381 e. The van der Waals surface area contributed by atoms with Crippen molar-refractivity contribution in [1.82, 2.24) is 0 Å².